The molecule has 9 heteroatoms. The Morgan fingerprint density at radius 2 is 1.96 bits per heavy atom. The van der Waals surface area contributed by atoms with Crippen molar-refractivity contribution in [3.63, 3.8) is 0 Å². The van der Waals surface area contributed by atoms with Gasteiger partial charge in [-0.25, -0.2) is 4.98 Å². The van der Waals surface area contributed by atoms with Gasteiger partial charge in [0.1, 0.15) is 17.9 Å². The fourth-order valence-corrected chi connectivity index (χ4v) is 2.70. The Morgan fingerprint density at radius 3 is 2.70 bits per heavy atom. The summed E-state index contributed by atoms with van der Waals surface area (Å²) in [6.45, 7) is -0.142. The third kappa shape index (κ3) is 4.55. The highest BCUT2D eigenvalue weighted by Crippen LogP contribution is 2.25. The van der Waals surface area contributed by atoms with Crippen molar-refractivity contribution < 1.29 is 18.0 Å². The van der Waals surface area contributed by atoms with Crippen molar-refractivity contribution in [1.82, 2.24) is 19.9 Å². The van der Waals surface area contributed by atoms with E-state index in [1.807, 2.05) is 24.3 Å². The Kier molecular flexibility index (Phi) is 5.29. The third-order valence-electron chi connectivity index (χ3n) is 3.99. The zero-order valence-corrected chi connectivity index (χ0v) is 14.2. The summed E-state index contributed by atoms with van der Waals surface area (Å²) in [6, 6.07) is 9.40. The highest BCUT2D eigenvalue weighted by atomic mass is 19.4. The second-order valence-electron chi connectivity index (χ2n) is 6.01. The van der Waals surface area contributed by atoms with Crippen molar-refractivity contribution >= 4 is 16.9 Å². The van der Waals surface area contributed by atoms with Crippen LogP contribution in [-0.2, 0) is 23.9 Å². The van der Waals surface area contributed by atoms with Gasteiger partial charge in [-0.2, -0.15) is 13.2 Å². The maximum atomic E-state index is 12.7. The molecule has 0 fully saturated rings. The number of hydrogen-bond donors (Lipinski definition) is 2. The van der Waals surface area contributed by atoms with E-state index < -0.39 is 29.8 Å². The minimum atomic E-state index is -4.75. The van der Waals surface area contributed by atoms with Crippen LogP contribution in [0.5, 0.6) is 0 Å². The van der Waals surface area contributed by atoms with Crippen molar-refractivity contribution in [3.8, 4) is 0 Å². The summed E-state index contributed by atoms with van der Waals surface area (Å²) in [5.74, 6) is 0.264. The van der Waals surface area contributed by atoms with Crippen LogP contribution in [0.4, 0.5) is 13.2 Å². The number of rotatable bonds is 6. The summed E-state index contributed by atoms with van der Waals surface area (Å²) in [7, 11) is 0. The summed E-state index contributed by atoms with van der Waals surface area (Å²) in [5, 5.41) is 2.60. The van der Waals surface area contributed by atoms with Gasteiger partial charge in [-0.3, -0.25) is 9.59 Å². The number of para-hydroxylation sites is 2. The van der Waals surface area contributed by atoms with Crippen LogP contribution >= 0.6 is 0 Å². The molecule has 27 heavy (non-hydrogen) atoms. The van der Waals surface area contributed by atoms with Crippen molar-refractivity contribution in [2.24, 2.45) is 0 Å². The number of fused-ring (bicyclic) bond motifs is 1. The van der Waals surface area contributed by atoms with Gasteiger partial charge in [0, 0.05) is 19.2 Å². The van der Waals surface area contributed by atoms with Crippen LogP contribution in [0.3, 0.4) is 0 Å². The fraction of sp³-hybridized carbons (Fsp3) is 0.278. The van der Waals surface area contributed by atoms with Gasteiger partial charge >= 0.3 is 6.18 Å². The smallest absolute Gasteiger partial charge is 0.355 e. The molecule has 0 aliphatic carbocycles. The molecule has 1 aromatic carbocycles. The van der Waals surface area contributed by atoms with E-state index in [9.17, 15) is 22.8 Å². The Bertz CT molecular complexity index is 974. The molecule has 3 aromatic rings. The average molecular weight is 378 g/mol. The lowest BCUT2D eigenvalue weighted by atomic mass is 10.2. The van der Waals surface area contributed by atoms with E-state index in [0.29, 0.717) is 25.5 Å². The monoisotopic (exact) mass is 378 g/mol. The highest BCUT2D eigenvalue weighted by Gasteiger charge is 2.34. The van der Waals surface area contributed by atoms with Crippen LogP contribution in [0.1, 0.15) is 17.8 Å². The number of carbonyl (C=O) groups excluding carboxylic acids is 1. The molecule has 0 unspecified atom stereocenters. The number of amides is 1. The number of benzene rings is 1. The zero-order valence-electron chi connectivity index (χ0n) is 14.2. The molecule has 6 nitrogen and oxygen atoms in total. The van der Waals surface area contributed by atoms with Gasteiger partial charge in [0.25, 0.3) is 5.56 Å². The summed E-state index contributed by atoms with van der Waals surface area (Å²) in [4.78, 5) is 31.3. The molecule has 0 aliphatic heterocycles. The minimum absolute atomic E-state index is 0.323. The highest BCUT2D eigenvalue weighted by molar-refractivity contribution is 5.76. The summed E-state index contributed by atoms with van der Waals surface area (Å²) in [5.41, 5.74) is -0.731. The van der Waals surface area contributed by atoms with Gasteiger partial charge in [-0.1, -0.05) is 12.1 Å². The molecule has 3 rings (SSSR count). The number of carbonyl (C=O) groups is 1. The first-order chi connectivity index (χ1) is 12.8. The van der Waals surface area contributed by atoms with Crippen LogP contribution in [0.2, 0.25) is 0 Å². The Hall–Kier alpha value is -3.10. The molecule has 2 aromatic heterocycles. The van der Waals surface area contributed by atoms with Crippen LogP contribution in [-0.4, -0.2) is 27.0 Å². The summed E-state index contributed by atoms with van der Waals surface area (Å²) in [6.07, 6.45) is -2.38. The first-order valence-electron chi connectivity index (χ1n) is 8.31. The van der Waals surface area contributed by atoms with Gasteiger partial charge in [0.15, 0.2) is 0 Å². The van der Waals surface area contributed by atoms with E-state index in [1.165, 1.54) is 0 Å². The summed E-state index contributed by atoms with van der Waals surface area (Å²) >= 11 is 0. The fourth-order valence-electron chi connectivity index (χ4n) is 2.70. The minimum Gasteiger partial charge on any atom is -0.355 e. The number of halogens is 3. The normalized spacial score (nSPS) is 11.7. The van der Waals surface area contributed by atoms with Crippen LogP contribution < -0.4 is 10.9 Å². The van der Waals surface area contributed by atoms with E-state index in [-0.39, 0.29) is 0 Å². The maximum absolute atomic E-state index is 12.7. The molecule has 142 valence electrons. The van der Waals surface area contributed by atoms with Crippen LogP contribution in [0.15, 0.2) is 47.4 Å². The number of H-pyrrole nitrogens is 1. The number of aromatic nitrogens is 3. The Balaban J connectivity index is 1.51. The lowest BCUT2D eigenvalue weighted by Crippen LogP contribution is -2.35. The van der Waals surface area contributed by atoms with E-state index in [0.717, 1.165) is 33.7 Å². The van der Waals surface area contributed by atoms with Crippen LogP contribution in [0.25, 0.3) is 11.0 Å². The molecule has 0 atom stereocenters. The number of nitrogens with zero attached hydrogens (tertiary/aromatic N) is 2. The predicted octanol–water partition coefficient (Wildman–Crippen LogP) is 2.49. The second-order valence-corrected chi connectivity index (χ2v) is 6.01. The molecular weight excluding hydrogens is 361 g/mol. The molecule has 0 bridgehead atoms. The number of nitrogens with one attached hydrogen (secondary N) is 2. The molecule has 0 aliphatic rings. The number of aromatic amines is 1. The topological polar surface area (TPSA) is 79.8 Å². The zero-order chi connectivity index (χ0) is 19.4. The lowest BCUT2D eigenvalue weighted by molar-refractivity contribution is -0.139. The standard InChI is InChI=1S/C18H17F3N4O2/c19-18(20,21)12-5-4-10-25(17(12)27)11-16(26)22-9-3-8-15-23-13-6-1-2-7-14(13)24-15/h1-2,4-7,10H,3,8-9,11H2,(H,22,26)(H,23,24). The number of hydrogen-bond acceptors (Lipinski definition) is 3. The predicted molar refractivity (Wildman–Crippen MR) is 93.1 cm³/mol. The van der Waals surface area contributed by atoms with E-state index in [4.69, 9.17) is 0 Å². The van der Waals surface area contributed by atoms with Gasteiger partial charge < -0.3 is 14.9 Å². The van der Waals surface area contributed by atoms with E-state index in [2.05, 4.69) is 15.3 Å². The maximum Gasteiger partial charge on any atom is 0.421 e. The van der Waals surface area contributed by atoms with E-state index in [1.54, 1.807) is 0 Å². The average Bonchev–Trinajstić information content (AvgIpc) is 3.02. The molecule has 2 heterocycles. The molecule has 0 saturated heterocycles. The number of alkyl halides is 3. The summed E-state index contributed by atoms with van der Waals surface area (Å²) < 4.78 is 38.9. The first kappa shape index (κ1) is 18.7. The van der Waals surface area contributed by atoms with Crippen molar-refractivity contribution in [2.75, 3.05) is 6.54 Å². The van der Waals surface area contributed by atoms with Gasteiger partial charge in [0.2, 0.25) is 5.91 Å². The molecule has 1 amide bonds. The number of imidazole rings is 1. The van der Waals surface area contributed by atoms with E-state index >= 15 is 0 Å². The number of pyridine rings is 1. The van der Waals surface area contributed by atoms with Crippen molar-refractivity contribution in [2.45, 2.75) is 25.6 Å². The largest absolute Gasteiger partial charge is 0.421 e. The van der Waals surface area contributed by atoms with Gasteiger partial charge in [-0.05, 0) is 30.7 Å². The van der Waals surface area contributed by atoms with Gasteiger partial charge in [0.05, 0.1) is 11.0 Å². The third-order valence-corrected chi connectivity index (χ3v) is 3.99. The molecule has 0 radical (unpaired) electrons. The quantitative estimate of drug-likeness (QED) is 0.647. The lowest BCUT2D eigenvalue weighted by Gasteiger charge is -2.10. The SMILES string of the molecule is O=C(Cn1cccc(C(F)(F)F)c1=O)NCCCc1nc2ccccc2[nH]1. The molecule has 2 N–H and O–H groups in total. The van der Waals surface area contributed by atoms with Gasteiger partial charge in [-0.15, -0.1) is 0 Å². The first-order valence-corrected chi connectivity index (χ1v) is 8.31. The number of aryl methyl sites for hydroxylation is 1. The van der Waals surface area contributed by atoms with Crippen molar-refractivity contribution in [1.29, 1.82) is 0 Å². The molecule has 0 spiro atoms. The molecular formula is C18H17F3N4O2. The van der Waals surface area contributed by atoms with Crippen molar-refractivity contribution in [3.05, 3.63) is 64.3 Å². The molecule has 0 saturated carbocycles. The Labute approximate surface area is 152 Å². The van der Waals surface area contributed by atoms with Crippen LogP contribution in [0, 0.1) is 0 Å². The Morgan fingerprint density at radius 1 is 1.19 bits per heavy atom. The second kappa shape index (κ2) is 7.65.